The molecule has 0 unspecified atom stereocenters. The van der Waals surface area contributed by atoms with Crippen LogP contribution in [0.25, 0.3) is 22.3 Å². The standard InChI is InChI=1S/C35H41F3/c1-3-5-7-9-10-25-12-14-27(15-13-25)31-22-21-30(24-33(31)36)26-16-18-28(19-17-26)32-23-20-29(11-8-6-4-2)34(37)35(32)38/h6,8,16-25,27H,3-5,7,9-15H2,1-2H3. The van der Waals surface area contributed by atoms with Crippen LogP contribution in [0, 0.1) is 23.4 Å². The minimum absolute atomic E-state index is 0.140. The molecule has 3 aromatic rings. The van der Waals surface area contributed by atoms with Crippen LogP contribution in [-0.4, -0.2) is 0 Å². The van der Waals surface area contributed by atoms with Crippen LogP contribution in [0.2, 0.25) is 0 Å². The van der Waals surface area contributed by atoms with E-state index in [1.165, 1.54) is 44.9 Å². The Balaban J connectivity index is 1.41. The zero-order valence-corrected chi connectivity index (χ0v) is 22.9. The van der Waals surface area contributed by atoms with E-state index in [4.69, 9.17) is 0 Å². The van der Waals surface area contributed by atoms with Crippen molar-refractivity contribution in [2.24, 2.45) is 5.92 Å². The maximum Gasteiger partial charge on any atom is 0.166 e. The van der Waals surface area contributed by atoms with E-state index in [1.54, 1.807) is 30.3 Å². The molecule has 1 aliphatic carbocycles. The predicted molar refractivity (Wildman–Crippen MR) is 154 cm³/mol. The summed E-state index contributed by atoms with van der Waals surface area (Å²) >= 11 is 0. The van der Waals surface area contributed by atoms with Crippen LogP contribution in [0.1, 0.15) is 95.1 Å². The summed E-state index contributed by atoms with van der Waals surface area (Å²) in [6.45, 7) is 4.25. The molecule has 1 saturated carbocycles. The predicted octanol–water partition coefficient (Wildman–Crippen LogP) is 11.2. The van der Waals surface area contributed by atoms with Gasteiger partial charge in [0.05, 0.1) is 0 Å². The van der Waals surface area contributed by atoms with Gasteiger partial charge in [-0.1, -0.05) is 107 Å². The number of hydrogen-bond donors (Lipinski definition) is 0. The van der Waals surface area contributed by atoms with Crippen molar-refractivity contribution < 1.29 is 13.2 Å². The van der Waals surface area contributed by atoms with Gasteiger partial charge in [-0.15, -0.1) is 0 Å². The lowest BCUT2D eigenvalue weighted by molar-refractivity contribution is 0.298. The molecule has 0 nitrogen and oxygen atoms in total. The molecule has 3 heteroatoms. The lowest BCUT2D eigenvalue weighted by Gasteiger charge is -2.29. The van der Waals surface area contributed by atoms with Crippen molar-refractivity contribution in [1.82, 2.24) is 0 Å². The largest absolute Gasteiger partial charge is 0.207 e. The van der Waals surface area contributed by atoms with Gasteiger partial charge in [0.25, 0.3) is 0 Å². The summed E-state index contributed by atoms with van der Waals surface area (Å²) in [4.78, 5) is 0. The van der Waals surface area contributed by atoms with Crippen molar-refractivity contribution >= 4 is 0 Å². The molecular formula is C35H41F3. The van der Waals surface area contributed by atoms with Gasteiger partial charge in [0.1, 0.15) is 5.82 Å². The second-order valence-corrected chi connectivity index (χ2v) is 10.9. The second-order valence-electron chi connectivity index (χ2n) is 10.9. The summed E-state index contributed by atoms with van der Waals surface area (Å²) in [5, 5.41) is 0. The van der Waals surface area contributed by atoms with Crippen molar-refractivity contribution in [3.8, 4) is 22.3 Å². The summed E-state index contributed by atoms with van der Waals surface area (Å²) in [6, 6.07) is 16.1. The molecule has 1 fully saturated rings. The molecule has 3 aromatic carbocycles. The number of benzene rings is 3. The van der Waals surface area contributed by atoms with Crippen molar-refractivity contribution in [1.29, 1.82) is 0 Å². The van der Waals surface area contributed by atoms with Crippen molar-refractivity contribution in [3.63, 3.8) is 0 Å². The molecule has 0 radical (unpaired) electrons. The molecule has 4 rings (SSSR count). The van der Waals surface area contributed by atoms with Crippen LogP contribution in [0.3, 0.4) is 0 Å². The molecule has 202 valence electrons. The average molecular weight is 519 g/mol. The van der Waals surface area contributed by atoms with Crippen LogP contribution >= 0.6 is 0 Å². The molecule has 0 amide bonds. The van der Waals surface area contributed by atoms with Gasteiger partial charge in [0.2, 0.25) is 0 Å². The van der Waals surface area contributed by atoms with Crippen molar-refractivity contribution in [3.05, 3.63) is 95.3 Å². The Morgan fingerprint density at radius 3 is 2.11 bits per heavy atom. The molecule has 0 atom stereocenters. The van der Waals surface area contributed by atoms with E-state index < -0.39 is 11.6 Å². The molecule has 0 aliphatic heterocycles. The molecule has 38 heavy (non-hydrogen) atoms. The van der Waals surface area contributed by atoms with Crippen molar-refractivity contribution in [2.45, 2.75) is 90.4 Å². The fourth-order valence-electron chi connectivity index (χ4n) is 5.85. The lowest BCUT2D eigenvalue weighted by Crippen LogP contribution is -2.14. The Morgan fingerprint density at radius 1 is 0.711 bits per heavy atom. The minimum atomic E-state index is -0.828. The van der Waals surface area contributed by atoms with Gasteiger partial charge in [-0.25, -0.2) is 13.2 Å². The van der Waals surface area contributed by atoms with Crippen LogP contribution in [0.5, 0.6) is 0 Å². The third kappa shape index (κ3) is 6.98. The molecule has 0 aromatic heterocycles. The molecule has 0 spiro atoms. The second kappa shape index (κ2) is 13.8. The van der Waals surface area contributed by atoms with E-state index in [-0.39, 0.29) is 11.4 Å². The van der Waals surface area contributed by atoms with Gasteiger partial charge in [-0.2, -0.15) is 0 Å². The maximum atomic E-state index is 15.2. The van der Waals surface area contributed by atoms with Gasteiger partial charge in [0.15, 0.2) is 11.6 Å². The highest BCUT2D eigenvalue weighted by atomic mass is 19.2. The maximum absolute atomic E-state index is 15.2. The Kier molecular flexibility index (Phi) is 10.3. The van der Waals surface area contributed by atoms with E-state index in [0.29, 0.717) is 23.5 Å². The van der Waals surface area contributed by atoms with E-state index in [0.717, 1.165) is 41.9 Å². The minimum Gasteiger partial charge on any atom is -0.207 e. The van der Waals surface area contributed by atoms with Gasteiger partial charge in [-0.05, 0) is 84.2 Å². The number of unbranched alkanes of at least 4 members (excludes halogenated alkanes) is 3. The summed E-state index contributed by atoms with van der Waals surface area (Å²) in [6.07, 6.45) is 16.2. The molecule has 0 bridgehead atoms. The van der Waals surface area contributed by atoms with Gasteiger partial charge < -0.3 is 0 Å². The van der Waals surface area contributed by atoms with Crippen LogP contribution in [0.15, 0.2) is 66.7 Å². The number of rotatable bonds is 11. The first kappa shape index (κ1) is 28.2. The monoisotopic (exact) mass is 518 g/mol. The van der Waals surface area contributed by atoms with Gasteiger partial charge in [-0.3, -0.25) is 0 Å². The molecule has 0 heterocycles. The highest BCUT2D eigenvalue weighted by Crippen LogP contribution is 2.39. The highest BCUT2D eigenvalue weighted by Gasteiger charge is 2.24. The highest BCUT2D eigenvalue weighted by molar-refractivity contribution is 5.71. The summed E-state index contributed by atoms with van der Waals surface area (Å²) in [7, 11) is 0. The molecular weight excluding hydrogens is 477 g/mol. The first-order valence-corrected chi connectivity index (χ1v) is 14.5. The molecule has 0 saturated heterocycles. The van der Waals surface area contributed by atoms with E-state index in [1.807, 2.05) is 43.3 Å². The Labute approximate surface area is 227 Å². The Bertz CT molecular complexity index is 1200. The van der Waals surface area contributed by atoms with Crippen LogP contribution in [0.4, 0.5) is 13.2 Å². The van der Waals surface area contributed by atoms with Gasteiger partial charge >= 0.3 is 0 Å². The third-order valence-electron chi connectivity index (χ3n) is 8.18. The first-order valence-electron chi connectivity index (χ1n) is 14.5. The number of hydrogen-bond acceptors (Lipinski definition) is 0. The summed E-state index contributed by atoms with van der Waals surface area (Å²) < 4.78 is 44.6. The Hall–Kier alpha value is -2.81. The smallest absolute Gasteiger partial charge is 0.166 e. The topological polar surface area (TPSA) is 0 Å². The summed E-state index contributed by atoms with van der Waals surface area (Å²) in [5.41, 5.74) is 3.68. The quantitative estimate of drug-likeness (QED) is 0.175. The average Bonchev–Trinajstić information content (AvgIpc) is 2.94. The fourth-order valence-corrected chi connectivity index (χ4v) is 5.85. The molecule has 1 aliphatic rings. The first-order chi connectivity index (χ1) is 18.5. The zero-order valence-electron chi connectivity index (χ0n) is 22.9. The van der Waals surface area contributed by atoms with Crippen LogP contribution < -0.4 is 0 Å². The van der Waals surface area contributed by atoms with E-state index in [9.17, 15) is 8.78 Å². The number of allylic oxidation sites excluding steroid dienone is 2. The van der Waals surface area contributed by atoms with Crippen molar-refractivity contribution in [2.75, 3.05) is 0 Å². The molecule has 0 N–H and O–H groups in total. The SMILES string of the molecule is CCC=CCc1ccc(-c2ccc(-c3ccc(C4CCC(CCCCCC)CC4)c(F)c3)cc2)c(F)c1F. The number of halogens is 3. The lowest BCUT2D eigenvalue weighted by atomic mass is 9.76. The third-order valence-corrected chi connectivity index (χ3v) is 8.18. The van der Waals surface area contributed by atoms with E-state index >= 15 is 4.39 Å². The fraction of sp³-hybridized carbons (Fsp3) is 0.429. The van der Waals surface area contributed by atoms with E-state index in [2.05, 4.69) is 6.92 Å². The van der Waals surface area contributed by atoms with Crippen LogP contribution in [-0.2, 0) is 6.42 Å². The van der Waals surface area contributed by atoms with Gasteiger partial charge in [0, 0.05) is 5.56 Å². The zero-order chi connectivity index (χ0) is 26.9. The Morgan fingerprint density at radius 2 is 1.42 bits per heavy atom. The normalized spacial score (nSPS) is 17.8. The summed E-state index contributed by atoms with van der Waals surface area (Å²) in [5.74, 6) is -0.659.